The fraction of sp³-hybridized carbons (Fsp3) is 0.222. The second-order valence-corrected chi connectivity index (χ2v) is 5.42. The van der Waals surface area contributed by atoms with Gasteiger partial charge in [0.15, 0.2) is 0 Å². The minimum absolute atomic E-state index is 0.331. The third-order valence-corrected chi connectivity index (χ3v) is 3.38. The third-order valence-electron chi connectivity index (χ3n) is 3.38. The molecule has 0 saturated heterocycles. The number of nitrogens with one attached hydrogen (secondary N) is 1. The lowest BCUT2D eigenvalue weighted by Crippen LogP contribution is -2.53. The van der Waals surface area contributed by atoms with Gasteiger partial charge in [-0.3, -0.25) is 9.59 Å². The van der Waals surface area contributed by atoms with Gasteiger partial charge in [-0.1, -0.05) is 74.5 Å². The van der Waals surface area contributed by atoms with Crippen LogP contribution in [0, 0.1) is 5.92 Å². The fourth-order valence-electron chi connectivity index (χ4n) is 2.06. The predicted molar refractivity (Wildman–Crippen MR) is 84.1 cm³/mol. The Bertz CT molecular complexity index is 653. The Morgan fingerprint density at radius 3 is 1.95 bits per heavy atom. The topological polar surface area (TPSA) is 66.4 Å². The lowest BCUT2D eigenvalue weighted by atomic mass is 9.92. The Kier molecular flexibility index (Phi) is 4.73. The summed E-state index contributed by atoms with van der Waals surface area (Å²) in [4.78, 5) is 24.8. The minimum atomic E-state index is -2.08. The highest BCUT2D eigenvalue weighted by molar-refractivity contribution is 6.04. The maximum absolute atomic E-state index is 12.8. The zero-order valence-electron chi connectivity index (χ0n) is 12.6. The number of hydrogen-bond donors (Lipinski definition) is 2. The first-order valence-electron chi connectivity index (χ1n) is 7.15. The van der Waals surface area contributed by atoms with Crippen molar-refractivity contribution < 1.29 is 14.7 Å². The molecule has 0 bridgehead atoms. The van der Waals surface area contributed by atoms with E-state index < -0.39 is 17.4 Å². The van der Waals surface area contributed by atoms with Crippen LogP contribution < -0.4 is 5.32 Å². The summed E-state index contributed by atoms with van der Waals surface area (Å²) in [5.74, 6) is -1.30. The minimum Gasteiger partial charge on any atom is -0.361 e. The van der Waals surface area contributed by atoms with Crippen LogP contribution in [-0.2, 0) is 10.5 Å². The quantitative estimate of drug-likeness (QED) is 0.658. The molecule has 0 aliphatic rings. The van der Waals surface area contributed by atoms with Crippen molar-refractivity contribution in [2.75, 3.05) is 0 Å². The number of carbonyl (C=O) groups is 2. The molecule has 0 aromatic heterocycles. The van der Waals surface area contributed by atoms with Crippen molar-refractivity contribution in [2.24, 2.45) is 5.92 Å². The summed E-state index contributed by atoms with van der Waals surface area (Å²) in [7, 11) is 0. The predicted octanol–water partition coefficient (Wildman–Crippen LogP) is 2.49. The van der Waals surface area contributed by atoms with Crippen molar-refractivity contribution in [1.29, 1.82) is 0 Å². The zero-order valence-corrected chi connectivity index (χ0v) is 12.6. The zero-order chi connectivity index (χ0) is 16.2. The van der Waals surface area contributed by atoms with Gasteiger partial charge in [-0.2, -0.15) is 0 Å². The SMILES string of the molecule is CC(C)C(=O)NC(O)(C(=O)c1ccccc1)c1ccccc1. The van der Waals surface area contributed by atoms with Crippen LogP contribution in [-0.4, -0.2) is 16.8 Å². The van der Waals surface area contributed by atoms with E-state index in [9.17, 15) is 14.7 Å². The Balaban J connectivity index is 2.46. The van der Waals surface area contributed by atoms with Crippen molar-refractivity contribution in [2.45, 2.75) is 19.6 Å². The summed E-state index contributed by atoms with van der Waals surface area (Å²) in [6, 6.07) is 16.8. The normalized spacial score (nSPS) is 13.5. The number of aliphatic hydroxyl groups is 1. The summed E-state index contributed by atoms with van der Waals surface area (Å²) < 4.78 is 0. The first-order valence-corrected chi connectivity index (χ1v) is 7.15. The van der Waals surface area contributed by atoms with Crippen molar-refractivity contribution in [3.05, 3.63) is 71.8 Å². The van der Waals surface area contributed by atoms with Gasteiger partial charge in [0.1, 0.15) is 0 Å². The maximum Gasteiger partial charge on any atom is 0.229 e. The standard InChI is InChI=1S/C18H19NO3/c1-13(2)17(21)19-18(22,15-11-7-4-8-12-15)16(20)14-9-5-3-6-10-14/h3-13,22H,1-2H3,(H,19,21). The van der Waals surface area contributed by atoms with E-state index in [0.29, 0.717) is 11.1 Å². The van der Waals surface area contributed by atoms with Crippen LogP contribution in [0.4, 0.5) is 0 Å². The molecule has 2 N–H and O–H groups in total. The number of amides is 1. The first kappa shape index (κ1) is 15.9. The van der Waals surface area contributed by atoms with E-state index in [1.165, 1.54) is 0 Å². The maximum atomic E-state index is 12.8. The summed E-state index contributed by atoms with van der Waals surface area (Å²) in [5.41, 5.74) is -1.42. The summed E-state index contributed by atoms with van der Waals surface area (Å²) in [5, 5.41) is 13.4. The van der Waals surface area contributed by atoms with Gasteiger partial charge in [0.05, 0.1) is 0 Å². The van der Waals surface area contributed by atoms with Crippen LogP contribution in [0.1, 0.15) is 29.8 Å². The smallest absolute Gasteiger partial charge is 0.229 e. The lowest BCUT2D eigenvalue weighted by Gasteiger charge is -2.29. The van der Waals surface area contributed by atoms with Crippen molar-refractivity contribution in [3.63, 3.8) is 0 Å². The molecule has 0 aliphatic heterocycles. The Labute approximate surface area is 129 Å². The highest BCUT2D eigenvalue weighted by Gasteiger charge is 2.40. The molecule has 4 heteroatoms. The molecule has 0 radical (unpaired) electrons. The molecule has 1 unspecified atom stereocenters. The van der Waals surface area contributed by atoms with E-state index in [1.807, 2.05) is 0 Å². The van der Waals surface area contributed by atoms with Gasteiger partial charge in [0.25, 0.3) is 0 Å². The van der Waals surface area contributed by atoms with Gasteiger partial charge in [-0.15, -0.1) is 0 Å². The highest BCUT2D eigenvalue weighted by Crippen LogP contribution is 2.24. The lowest BCUT2D eigenvalue weighted by molar-refractivity contribution is -0.130. The number of hydrogen-bond acceptors (Lipinski definition) is 3. The molecule has 2 rings (SSSR count). The average Bonchev–Trinajstić information content (AvgIpc) is 2.55. The summed E-state index contributed by atoms with van der Waals surface area (Å²) >= 11 is 0. The Morgan fingerprint density at radius 2 is 1.45 bits per heavy atom. The van der Waals surface area contributed by atoms with Crippen LogP contribution in [0.3, 0.4) is 0 Å². The number of carbonyl (C=O) groups excluding carboxylic acids is 2. The molecule has 0 fully saturated rings. The number of ketones is 1. The Morgan fingerprint density at radius 1 is 0.955 bits per heavy atom. The van der Waals surface area contributed by atoms with E-state index in [2.05, 4.69) is 5.32 Å². The van der Waals surface area contributed by atoms with Gasteiger partial charge < -0.3 is 10.4 Å². The largest absolute Gasteiger partial charge is 0.361 e. The number of benzene rings is 2. The summed E-state index contributed by atoms with van der Waals surface area (Å²) in [6.07, 6.45) is 0. The molecule has 114 valence electrons. The molecule has 0 aliphatic carbocycles. The molecule has 0 saturated carbocycles. The van der Waals surface area contributed by atoms with Crippen molar-refractivity contribution in [3.8, 4) is 0 Å². The molecule has 2 aromatic carbocycles. The fourth-order valence-corrected chi connectivity index (χ4v) is 2.06. The number of rotatable bonds is 5. The van der Waals surface area contributed by atoms with Crippen LogP contribution >= 0.6 is 0 Å². The van der Waals surface area contributed by atoms with E-state index in [1.54, 1.807) is 74.5 Å². The van der Waals surface area contributed by atoms with Crippen LogP contribution in [0.25, 0.3) is 0 Å². The van der Waals surface area contributed by atoms with E-state index in [4.69, 9.17) is 0 Å². The van der Waals surface area contributed by atoms with Crippen molar-refractivity contribution in [1.82, 2.24) is 5.32 Å². The molecule has 0 heterocycles. The van der Waals surface area contributed by atoms with Gasteiger partial charge in [0.2, 0.25) is 17.4 Å². The third kappa shape index (κ3) is 3.23. The molecule has 0 spiro atoms. The molecule has 1 atom stereocenters. The number of Topliss-reactive ketones (excluding diaryl/α,β-unsaturated/α-hetero) is 1. The van der Waals surface area contributed by atoms with E-state index in [0.717, 1.165) is 0 Å². The molecule has 2 aromatic rings. The molecule has 4 nitrogen and oxygen atoms in total. The van der Waals surface area contributed by atoms with Crippen LogP contribution in [0.5, 0.6) is 0 Å². The summed E-state index contributed by atoms with van der Waals surface area (Å²) in [6.45, 7) is 3.40. The van der Waals surface area contributed by atoms with Gasteiger partial charge in [-0.25, -0.2) is 0 Å². The van der Waals surface area contributed by atoms with Crippen LogP contribution in [0.15, 0.2) is 60.7 Å². The van der Waals surface area contributed by atoms with E-state index in [-0.39, 0.29) is 5.92 Å². The average molecular weight is 297 g/mol. The van der Waals surface area contributed by atoms with Gasteiger partial charge >= 0.3 is 0 Å². The Hall–Kier alpha value is -2.46. The van der Waals surface area contributed by atoms with Gasteiger partial charge in [0, 0.05) is 17.0 Å². The monoisotopic (exact) mass is 297 g/mol. The molecular formula is C18H19NO3. The molecular weight excluding hydrogens is 278 g/mol. The second kappa shape index (κ2) is 6.54. The first-order chi connectivity index (χ1) is 10.4. The molecule has 1 amide bonds. The highest BCUT2D eigenvalue weighted by atomic mass is 16.3. The van der Waals surface area contributed by atoms with Crippen LogP contribution in [0.2, 0.25) is 0 Å². The molecule has 22 heavy (non-hydrogen) atoms. The second-order valence-electron chi connectivity index (χ2n) is 5.42. The van der Waals surface area contributed by atoms with Crippen molar-refractivity contribution >= 4 is 11.7 Å². The van der Waals surface area contributed by atoms with E-state index >= 15 is 0 Å². The van der Waals surface area contributed by atoms with Gasteiger partial charge in [-0.05, 0) is 0 Å².